The van der Waals surface area contributed by atoms with Crippen LogP contribution in [0.1, 0.15) is 11.1 Å². The SMILES string of the molecule is Cc1ccccc1SCC(=O)Nc1ccccc1NC(=O)CSc1ccccc1C. The molecule has 0 bridgehead atoms. The number of benzene rings is 3. The maximum absolute atomic E-state index is 12.4. The summed E-state index contributed by atoms with van der Waals surface area (Å²) in [7, 11) is 0. The quantitative estimate of drug-likeness (QED) is 0.441. The van der Waals surface area contributed by atoms with Crippen LogP contribution in [0.4, 0.5) is 11.4 Å². The average Bonchev–Trinajstić information content (AvgIpc) is 2.74. The molecule has 0 radical (unpaired) electrons. The summed E-state index contributed by atoms with van der Waals surface area (Å²) >= 11 is 3.00. The minimum atomic E-state index is -0.112. The zero-order chi connectivity index (χ0) is 21.3. The van der Waals surface area contributed by atoms with Gasteiger partial charge in [-0.1, -0.05) is 48.5 Å². The zero-order valence-corrected chi connectivity index (χ0v) is 18.6. The van der Waals surface area contributed by atoms with Crippen LogP contribution < -0.4 is 10.6 Å². The number of rotatable bonds is 8. The molecule has 3 rings (SSSR count). The molecule has 6 heteroatoms. The summed E-state index contributed by atoms with van der Waals surface area (Å²) in [4.78, 5) is 27.0. The summed E-state index contributed by atoms with van der Waals surface area (Å²) in [6.45, 7) is 4.06. The number of carbonyl (C=O) groups excluding carboxylic acids is 2. The molecule has 0 saturated heterocycles. The van der Waals surface area contributed by atoms with Crippen LogP contribution >= 0.6 is 23.5 Å². The largest absolute Gasteiger partial charge is 0.324 e. The highest BCUT2D eigenvalue weighted by atomic mass is 32.2. The molecule has 2 N–H and O–H groups in total. The third-order valence-corrected chi connectivity index (χ3v) is 6.73. The number of para-hydroxylation sites is 2. The van der Waals surface area contributed by atoms with Gasteiger partial charge in [-0.25, -0.2) is 0 Å². The van der Waals surface area contributed by atoms with E-state index in [1.807, 2.05) is 74.5 Å². The Morgan fingerprint density at radius 1 is 0.633 bits per heavy atom. The lowest BCUT2D eigenvalue weighted by molar-refractivity contribution is -0.114. The van der Waals surface area contributed by atoms with Crippen molar-refractivity contribution in [3.05, 3.63) is 83.9 Å². The van der Waals surface area contributed by atoms with Gasteiger partial charge in [0.05, 0.1) is 22.9 Å². The minimum Gasteiger partial charge on any atom is -0.324 e. The van der Waals surface area contributed by atoms with Gasteiger partial charge in [0.1, 0.15) is 0 Å². The summed E-state index contributed by atoms with van der Waals surface area (Å²) in [5.41, 5.74) is 3.49. The predicted octanol–water partition coefficient (Wildman–Crippen LogP) is 5.77. The van der Waals surface area contributed by atoms with Crippen LogP contribution in [0.2, 0.25) is 0 Å². The minimum absolute atomic E-state index is 0.112. The number of nitrogens with one attached hydrogen (secondary N) is 2. The Kier molecular flexibility index (Phi) is 7.99. The molecule has 0 unspecified atom stereocenters. The van der Waals surface area contributed by atoms with Crippen molar-refractivity contribution in [1.29, 1.82) is 0 Å². The summed E-state index contributed by atoms with van der Waals surface area (Å²) in [6, 6.07) is 23.2. The van der Waals surface area contributed by atoms with Crippen molar-refractivity contribution < 1.29 is 9.59 Å². The van der Waals surface area contributed by atoms with Gasteiger partial charge in [0, 0.05) is 9.79 Å². The van der Waals surface area contributed by atoms with E-state index in [1.165, 1.54) is 23.5 Å². The first kappa shape index (κ1) is 22.0. The highest BCUT2D eigenvalue weighted by Gasteiger charge is 2.11. The fourth-order valence-electron chi connectivity index (χ4n) is 2.80. The Morgan fingerprint density at radius 3 is 1.40 bits per heavy atom. The second kappa shape index (κ2) is 10.9. The molecule has 0 spiro atoms. The summed E-state index contributed by atoms with van der Waals surface area (Å²) in [5, 5.41) is 5.81. The molecule has 0 heterocycles. The molecule has 0 aromatic heterocycles. The van der Waals surface area contributed by atoms with E-state index < -0.39 is 0 Å². The van der Waals surface area contributed by atoms with E-state index in [0.29, 0.717) is 22.9 Å². The molecule has 3 aromatic carbocycles. The number of hydrogen-bond donors (Lipinski definition) is 2. The normalized spacial score (nSPS) is 10.5. The van der Waals surface area contributed by atoms with Crippen molar-refractivity contribution in [2.75, 3.05) is 22.1 Å². The molecule has 0 atom stereocenters. The molecular weight excluding hydrogens is 412 g/mol. The van der Waals surface area contributed by atoms with Crippen LogP contribution in [0.3, 0.4) is 0 Å². The van der Waals surface area contributed by atoms with Crippen molar-refractivity contribution in [3.8, 4) is 0 Å². The Morgan fingerprint density at radius 2 is 1.00 bits per heavy atom. The van der Waals surface area contributed by atoms with Gasteiger partial charge in [0.25, 0.3) is 0 Å². The van der Waals surface area contributed by atoms with E-state index in [4.69, 9.17) is 0 Å². The Hall–Kier alpha value is -2.70. The van der Waals surface area contributed by atoms with Crippen LogP contribution in [0, 0.1) is 13.8 Å². The number of carbonyl (C=O) groups is 2. The smallest absolute Gasteiger partial charge is 0.234 e. The zero-order valence-electron chi connectivity index (χ0n) is 17.0. The van der Waals surface area contributed by atoms with E-state index >= 15 is 0 Å². The number of thioether (sulfide) groups is 2. The highest BCUT2D eigenvalue weighted by Crippen LogP contribution is 2.26. The first-order valence-corrected chi connectivity index (χ1v) is 11.6. The summed E-state index contributed by atoms with van der Waals surface area (Å²) in [6.07, 6.45) is 0. The average molecular weight is 437 g/mol. The van der Waals surface area contributed by atoms with Crippen LogP contribution in [0.25, 0.3) is 0 Å². The number of amides is 2. The number of aryl methyl sites for hydroxylation is 2. The third-order valence-electron chi connectivity index (χ3n) is 4.38. The van der Waals surface area contributed by atoms with E-state index in [-0.39, 0.29) is 11.8 Å². The lowest BCUT2D eigenvalue weighted by Gasteiger charge is -2.13. The van der Waals surface area contributed by atoms with Gasteiger partial charge in [-0.3, -0.25) is 9.59 Å². The molecule has 2 amide bonds. The number of hydrogen-bond acceptors (Lipinski definition) is 4. The molecule has 154 valence electrons. The first-order valence-electron chi connectivity index (χ1n) is 9.58. The van der Waals surface area contributed by atoms with Gasteiger partial charge in [-0.05, 0) is 49.2 Å². The molecule has 0 aliphatic rings. The standard InChI is InChI=1S/C24H24N2O2S2/c1-17-9-3-7-13-21(17)29-15-23(27)25-19-11-5-6-12-20(19)26-24(28)16-30-22-14-8-4-10-18(22)2/h3-14H,15-16H2,1-2H3,(H,25,27)(H,26,28). The summed E-state index contributed by atoms with van der Waals surface area (Å²) < 4.78 is 0. The van der Waals surface area contributed by atoms with Crippen molar-refractivity contribution in [3.63, 3.8) is 0 Å². The fourth-order valence-corrected chi connectivity index (χ4v) is 4.46. The lowest BCUT2D eigenvalue weighted by Crippen LogP contribution is -2.18. The number of anilines is 2. The Bertz CT molecular complexity index is 954. The molecule has 0 aliphatic heterocycles. The molecule has 3 aromatic rings. The van der Waals surface area contributed by atoms with Crippen molar-refractivity contribution in [2.45, 2.75) is 23.6 Å². The maximum atomic E-state index is 12.4. The van der Waals surface area contributed by atoms with Gasteiger partial charge in [-0.2, -0.15) is 0 Å². The van der Waals surface area contributed by atoms with Crippen molar-refractivity contribution >= 4 is 46.7 Å². The lowest BCUT2D eigenvalue weighted by atomic mass is 10.2. The second-order valence-corrected chi connectivity index (χ2v) is 8.78. The van der Waals surface area contributed by atoms with Gasteiger partial charge in [0.2, 0.25) is 11.8 Å². The van der Waals surface area contributed by atoms with E-state index in [2.05, 4.69) is 10.6 Å². The van der Waals surface area contributed by atoms with Crippen molar-refractivity contribution in [2.24, 2.45) is 0 Å². The molecular formula is C24H24N2O2S2. The molecule has 0 fully saturated rings. The third kappa shape index (κ3) is 6.40. The fraction of sp³-hybridized carbons (Fsp3) is 0.167. The monoisotopic (exact) mass is 436 g/mol. The Labute approximate surface area is 185 Å². The molecule has 30 heavy (non-hydrogen) atoms. The first-order chi connectivity index (χ1) is 14.5. The van der Waals surface area contributed by atoms with Gasteiger partial charge >= 0.3 is 0 Å². The predicted molar refractivity (Wildman–Crippen MR) is 128 cm³/mol. The second-order valence-electron chi connectivity index (χ2n) is 6.75. The molecule has 0 aliphatic carbocycles. The highest BCUT2D eigenvalue weighted by molar-refractivity contribution is 8.00. The van der Waals surface area contributed by atoms with E-state index in [1.54, 1.807) is 12.1 Å². The van der Waals surface area contributed by atoms with E-state index in [9.17, 15) is 9.59 Å². The van der Waals surface area contributed by atoms with E-state index in [0.717, 1.165) is 20.9 Å². The van der Waals surface area contributed by atoms with Crippen molar-refractivity contribution in [1.82, 2.24) is 0 Å². The van der Waals surface area contributed by atoms with Crippen LogP contribution in [-0.2, 0) is 9.59 Å². The van der Waals surface area contributed by atoms with Gasteiger partial charge in [-0.15, -0.1) is 23.5 Å². The van der Waals surface area contributed by atoms with Gasteiger partial charge < -0.3 is 10.6 Å². The maximum Gasteiger partial charge on any atom is 0.234 e. The van der Waals surface area contributed by atoms with Gasteiger partial charge in [0.15, 0.2) is 0 Å². The Balaban J connectivity index is 1.56. The van der Waals surface area contributed by atoms with Crippen LogP contribution in [0.15, 0.2) is 82.6 Å². The molecule has 4 nitrogen and oxygen atoms in total. The molecule has 0 saturated carbocycles. The topological polar surface area (TPSA) is 58.2 Å². The summed E-state index contributed by atoms with van der Waals surface area (Å²) in [5.74, 6) is 0.380. The van der Waals surface area contributed by atoms with Crippen LogP contribution in [0.5, 0.6) is 0 Å². The van der Waals surface area contributed by atoms with Crippen LogP contribution in [-0.4, -0.2) is 23.3 Å².